The fourth-order valence-corrected chi connectivity index (χ4v) is 2.52. The Hall–Kier alpha value is -1.13. The van der Waals surface area contributed by atoms with Crippen molar-refractivity contribution in [3.05, 3.63) is 29.8 Å². The van der Waals surface area contributed by atoms with Crippen molar-refractivity contribution >= 4 is 23.0 Å². The lowest BCUT2D eigenvalue weighted by atomic mass is 9.99. The van der Waals surface area contributed by atoms with Crippen LogP contribution in [-0.4, -0.2) is 24.4 Å². The minimum Gasteiger partial charge on any atom is -0.376 e. The van der Waals surface area contributed by atoms with E-state index in [1.165, 1.54) is 5.56 Å². The SMILES string of the molecule is CCC(C)c1ccc(NC(=S)NCC2CCCO2)cc1. The van der Waals surface area contributed by atoms with Crippen molar-refractivity contribution in [2.24, 2.45) is 0 Å². The van der Waals surface area contributed by atoms with Gasteiger partial charge < -0.3 is 15.4 Å². The molecule has 1 saturated heterocycles. The first-order valence-electron chi connectivity index (χ1n) is 7.45. The second-order valence-corrected chi connectivity index (χ2v) is 5.81. The van der Waals surface area contributed by atoms with Gasteiger partial charge in [0.15, 0.2) is 5.11 Å². The first kappa shape index (κ1) is 15.3. The normalized spacial score (nSPS) is 19.6. The molecule has 1 fully saturated rings. The third-order valence-corrected chi connectivity index (χ3v) is 4.11. The number of anilines is 1. The lowest BCUT2D eigenvalue weighted by Crippen LogP contribution is -2.34. The molecule has 0 aromatic heterocycles. The minimum absolute atomic E-state index is 0.308. The van der Waals surface area contributed by atoms with Gasteiger partial charge in [-0.1, -0.05) is 26.0 Å². The quantitative estimate of drug-likeness (QED) is 0.811. The van der Waals surface area contributed by atoms with Crippen LogP contribution >= 0.6 is 12.2 Å². The van der Waals surface area contributed by atoms with Crippen molar-refractivity contribution in [2.75, 3.05) is 18.5 Å². The van der Waals surface area contributed by atoms with Gasteiger partial charge in [0.2, 0.25) is 0 Å². The maximum atomic E-state index is 5.56. The molecule has 20 heavy (non-hydrogen) atoms. The van der Waals surface area contributed by atoms with Crippen molar-refractivity contribution in [1.29, 1.82) is 0 Å². The zero-order chi connectivity index (χ0) is 14.4. The van der Waals surface area contributed by atoms with Crippen LogP contribution in [0.3, 0.4) is 0 Å². The van der Waals surface area contributed by atoms with Crippen molar-refractivity contribution in [3.63, 3.8) is 0 Å². The number of nitrogens with one attached hydrogen (secondary N) is 2. The largest absolute Gasteiger partial charge is 0.376 e. The summed E-state index contributed by atoms with van der Waals surface area (Å²) in [6, 6.07) is 8.50. The molecule has 1 aliphatic rings. The molecule has 1 aliphatic heterocycles. The van der Waals surface area contributed by atoms with Crippen molar-refractivity contribution in [3.8, 4) is 0 Å². The molecule has 0 radical (unpaired) electrons. The molecular formula is C16H24N2OS. The summed E-state index contributed by atoms with van der Waals surface area (Å²) in [6.07, 6.45) is 3.75. The molecule has 0 amide bonds. The lowest BCUT2D eigenvalue weighted by molar-refractivity contribution is 0.114. The van der Waals surface area contributed by atoms with Gasteiger partial charge in [-0.3, -0.25) is 0 Å². The zero-order valence-electron chi connectivity index (χ0n) is 12.3. The van der Waals surface area contributed by atoms with Gasteiger partial charge in [-0.05, 0) is 55.1 Å². The molecule has 3 nitrogen and oxygen atoms in total. The van der Waals surface area contributed by atoms with Crippen LogP contribution in [0.2, 0.25) is 0 Å². The highest BCUT2D eigenvalue weighted by molar-refractivity contribution is 7.80. The van der Waals surface area contributed by atoms with Crippen LogP contribution in [0.5, 0.6) is 0 Å². The van der Waals surface area contributed by atoms with Gasteiger partial charge in [0.05, 0.1) is 6.10 Å². The Balaban J connectivity index is 1.78. The third-order valence-electron chi connectivity index (χ3n) is 3.86. The van der Waals surface area contributed by atoms with Crippen LogP contribution < -0.4 is 10.6 Å². The Morgan fingerprint density at radius 1 is 1.40 bits per heavy atom. The minimum atomic E-state index is 0.308. The van der Waals surface area contributed by atoms with Crippen LogP contribution in [0.25, 0.3) is 0 Å². The standard InChI is InChI=1S/C16H24N2OS/c1-3-12(2)13-6-8-14(9-7-13)18-16(20)17-11-15-5-4-10-19-15/h6-9,12,15H,3-5,10-11H2,1-2H3,(H2,17,18,20). The van der Waals surface area contributed by atoms with E-state index in [0.717, 1.165) is 38.1 Å². The van der Waals surface area contributed by atoms with E-state index >= 15 is 0 Å². The highest BCUT2D eigenvalue weighted by Crippen LogP contribution is 2.20. The summed E-state index contributed by atoms with van der Waals surface area (Å²) in [4.78, 5) is 0. The lowest BCUT2D eigenvalue weighted by Gasteiger charge is -2.15. The van der Waals surface area contributed by atoms with Crippen molar-refractivity contribution in [1.82, 2.24) is 5.32 Å². The van der Waals surface area contributed by atoms with Gasteiger partial charge in [0, 0.05) is 18.8 Å². The Kier molecular flexibility index (Phi) is 5.80. The summed E-state index contributed by atoms with van der Waals surface area (Å²) in [5.74, 6) is 0.605. The van der Waals surface area contributed by atoms with E-state index < -0.39 is 0 Å². The van der Waals surface area contributed by atoms with E-state index in [1.807, 2.05) is 0 Å². The van der Waals surface area contributed by atoms with Crippen molar-refractivity contribution in [2.45, 2.75) is 45.1 Å². The first-order chi connectivity index (χ1) is 9.69. The van der Waals surface area contributed by atoms with E-state index in [1.54, 1.807) is 0 Å². The van der Waals surface area contributed by atoms with Gasteiger partial charge in [0.1, 0.15) is 0 Å². The summed E-state index contributed by atoms with van der Waals surface area (Å²) >= 11 is 5.30. The second-order valence-electron chi connectivity index (χ2n) is 5.40. The van der Waals surface area contributed by atoms with Crippen LogP contribution in [0.15, 0.2) is 24.3 Å². The maximum absolute atomic E-state index is 5.56. The first-order valence-corrected chi connectivity index (χ1v) is 7.86. The molecule has 2 unspecified atom stereocenters. The molecular weight excluding hydrogens is 268 g/mol. The number of benzene rings is 1. The predicted octanol–water partition coefficient (Wildman–Crippen LogP) is 3.67. The Morgan fingerprint density at radius 2 is 2.15 bits per heavy atom. The number of hydrogen-bond donors (Lipinski definition) is 2. The van der Waals surface area contributed by atoms with Crippen LogP contribution in [0.4, 0.5) is 5.69 Å². The molecule has 0 bridgehead atoms. The monoisotopic (exact) mass is 292 g/mol. The van der Waals surface area contributed by atoms with Crippen LogP contribution in [0.1, 0.15) is 44.6 Å². The molecule has 1 aromatic carbocycles. The number of thiocarbonyl (C=S) groups is 1. The van der Waals surface area contributed by atoms with Gasteiger partial charge in [-0.25, -0.2) is 0 Å². The highest BCUT2D eigenvalue weighted by Gasteiger charge is 2.15. The third kappa shape index (κ3) is 4.46. The number of rotatable bonds is 5. The average molecular weight is 292 g/mol. The molecule has 2 atom stereocenters. The van der Waals surface area contributed by atoms with Gasteiger partial charge >= 0.3 is 0 Å². The van der Waals surface area contributed by atoms with Gasteiger partial charge in [-0.15, -0.1) is 0 Å². The van der Waals surface area contributed by atoms with Crippen LogP contribution in [-0.2, 0) is 4.74 Å². The Labute approximate surface area is 127 Å². The molecule has 0 aliphatic carbocycles. The highest BCUT2D eigenvalue weighted by atomic mass is 32.1. The number of hydrogen-bond acceptors (Lipinski definition) is 2. The summed E-state index contributed by atoms with van der Waals surface area (Å²) in [7, 11) is 0. The molecule has 0 spiro atoms. The molecule has 4 heteroatoms. The summed E-state index contributed by atoms with van der Waals surface area (Å²) in [5, 5.41) is 7.10. The molecule has 0 saturated carbocycles. The molecule has 1 aromatic rings. The van der Waals surface area contributed by atoms with E-state index in [9.17, 15) is 0 Å². The number of ether oxygens (including phenoxy) is 1. The van der Waals surface area contributed by atoms with E-state index in [0.29, 0.717) is 17.1 Å². The summed E-state index contributed by atoms with van der Waals surface area (Å²) in [5.41, 5.74) is 2.40. The fraction of sp³-hybridized carbons (Fsp3) is 0.562. The molecule has 110 valence electrons. The molecule has 1 heterocycles. The van der Waals surface area contributed by atoms with Crippen molar-refractivity contribution < 1.29 is 4.74 Å². The van der Waals surface area contributed by atoms with E-state index in [4.69, 9.17) is 17.0 Å². The topological polar surface area (TPSA) is 33.3 Å². The van der Waals surface area contributed by atoms with Gasteiger partial charge in [-0.2, -0.15) is 0 Å². The van der Waals surface area contributed by atoms with E-state index in [2.05, 4.69) is 48.7 Å². The summed E-state index contributed by atoms with van der Waals surface area (Å²) < 4.78 is 5.56. The molecule has 2 N–H and O–H groups in total. The van der Waals surface area contributed by atoms with Crippen LogP contribution in [0, 0.1) is 0 Å². The maximum Gasteiger partial charge on any atom is 0.170 e. The Morgan fingerprint density at radius 3 is 2.75 bits per heavy atom. The fourth-order valence-electron chi connectivity index (χ4n) is 2.32. The average Bonchev–Trinajstić information content (AvgIpc) is 2.98. The van der Waals surface area contributed by atoms with E-state index in [-0.39, 0.29) is 0 Å². The Bertz CT molecular complexity index is 427. The van der Waals surface area contributed by atoms with Gasteiger partial charge in [0.25, 0.3) is 0 Å². The molecule has 2 rings (SSSR count). The summed E-state index contributed by atoms with van der Waals surface area (Å²) in [6.45, 7) is 6.12. The second kappa shape index (κ2) is 7.60. The smallest absolute Gasteiger partial charge is 0.170 e. The zero-order valence-corrected chi connectivity index (χ0v) is 13.1. The predicted molar refractivity (Wildman–Crippen MR) is 88.3 cm³/mol.